The van der Waals surface area contributed by atoms with E-state index in [4.69, 9.17) is 0 Å². The van der Waals surface area contributed by atoms with Crippen LogP contribution in [0.3, 0.4) is 0 Å². The molecule has 2 heterocycles. The molecule has 0 spiro atoms. The number of nitrogens with one attached hydrogen (secondary N) is 2. The van der Waals surface area contributed by atoms with E-state index in [1.165, 1.54) is 30.3 Å². The summed E-state index contributed by atoms with van der Waals surface area (Å²) < 4.78 is 13.4. The molecule has 0 saturated carbocycles. The van der Waals surface area contributed by atoms with Gasteiger partial charge in [0, 0.05) is 28.7 Å². The molecule has 4 rings (SSSR count). The highest BCUT2D eigenvalue weighted by atomic mass is 32.2. The van der Waals surface area contributed by atoms with Crippen LogP contribution in [-0.2, 0) is 4.79 Å². The average molecular weight is 412 g/mol. The molecule has 2 aromatic heterocycles. The number of rotatable bonds is 5. The molecule has 0 aliphatic heterocycles. The quantitative estimate of drug-likeness (QED) is 0.291. The van der Waals surface area contributed by atoms with Crippen LogP contribution in [0.25, 0.3) is 22.1 Å². The van der Waals surface area contributed by atoms with E-state index in [2.05, 4.69) is 25.5 Å². The molecule has 11 heteroatoms. The molecular weight excluding hydrogens is 399 g/mol. The van der Waals surface area contributed by atoms with Crippen LogP contribution < -0.4 is 5.32 Å². The van der Waals surface area contributed by atoms with Gasteiger partial charge in [-0.3, -0.25) is 14.9 Å². The summed E-state index contributed by atoms with van der Waals surface area (Å²) in [6.45, 7) is 1.68. The maximum Gasteiger partial charge on any atom is 0.269 e. The van der Waals surface area contributed by atoms with Crippen LogP contribution in [-0.4, -0.2) is 36.7 Å². The highest BCUT2D eigenvalue weighted by molar-refractivity contribution is 7.99. The van der Waals surface area contributed by atoms with E-state index in [0.717, 1.165) is 11.8 Å². The van der Waals surface area contributed by atoms with Crippen LogP contribution in [0.15, 0.2) is 41.6 Å². The number of thioether (sulfide) groups is 1. The van der Waals surface area contributed by atoms with Crippen LogP contribution in [0.5, 0.6) is 0 Å². The lowest BCUT2D eigenvalue weighted by atomic mass is 10.2. The number of hydrogen-bond acceptors (Lipinski definition) is 7. The Morgan fingerprint density at radius 1 is 1.28 bits per heavy atom. The first-order chi connectivity index (χ1) is 13.9. The largest absolute Gasteiger partial charge is 0.338 e. The Balaban J connectivity index is 1.46. The minimum absolute atomic E-state index is 0.0263. The second kappa shape index (κ2) is 7.43. The Bertz CT molecular complexity index is 1280. The molecule has 0 bridgehead atoms. The van der Waals surface area contributed by atoms with Gasteiger partial charge >= 0.3 is 0 Å². The van der Waals surface area contributed by atoms with Gasteiger partial charge in [-0.15, -0.1) is 10.2 Å². The molecule has 0 radical (unpaired) electrons. The number of non-ortho nitro benzene ring substituents is 1. The number of amides is 1. The Morgan fingerprint density at radius 2 is 2.10 bits per heavy atom. The van der Waals surface area contributed by atoms with Crippen LogP contribution in [0.2, 0.25) is 0 Å². The molecule has 2 N–H and O–H groups in total. The lowest BCUT2D eigenvalue weighted by Gasteiger charge is -2.07. The molecule has 2 aromatic carbocycles. The second-order valence-electron chi connectivity index (χ2n) is 6.20. The zero-order chi connectivity index (χ0) is 20.5. The van der Waals surface area contributed by atoms with Gasteiger partial charge in [-0.1, -0.05) is 11.8 Å². The van der Waals surface area contributed by atoms with Gasteiger partial charge in [-0.05, 0) is 36.8 Å². The van der Waals surface area contributed by atoms with Crippen molar-refractivity contribution < 1.29 is 14.1 Å². The van der Waals surface area contributed by atoms with Crippen molar-refractivity contribution in [2.75, 3.05) is 11.1 Å². The monoisotopic (exact) mass is 412 g/mol. The highest BCUT2D eigenvalue weighted by Crippen LogP contribution is 2.25. The van der Waals surface area contributed by atoms with Gasteiger partial charge in [-0.25, -0.2) is 9.37 Å². The molecule has 0 saturated heterocycles. The topological polar surface area (TPSA) is 127 Å². The number of anilines is 1. The van der Waals surface area contributed by atoms with E-state index in [0.29, 0.717) is 38.5 Å². The number of nitro groups is 1. The van der Waals surface area contributed by atoms with Crippen molar-refractivity contribution in [3.8, 4) is 0 Å². The van der Waals surface area contributed by atoms with E-state index in [1.807, 2.05) is 0 Å². The van der Waals surface area contributed by atoms with Crippen molar-refractivity contribution in [3.05, 3.63) is 57.9 Å². The number of aromatic amines is 1. The number of nitro benzene ring substituents is 1. The van der Waals surface area contributed by atoms with Gasteiger partial charge in [0.1, 0.15) is 11.3 Å². The molecule has 4 aromatic rings. The number of aromatic nitrogens is 4. The first kappa shape index (κ1) is 18.7. The molecule has 29 heavy (non-hydrogen) atoms. The molecule has 0 aliphatic carbocycles. The number of aryl methyl sites for hydroxylation is 1. The molecule has 0 unspecified atom stereocenters. The summed E-state index contributed by atoms with van der Waals surface area (Å²) in [5.74, 6) is -0.662. The van der Waals surface area contributed by atoms with E-state index in [-0.39, 0.29) is 23.2 Å². The van der Waals surface area contributed by atoms with Gasteiger partial charge in [0.25, 0.3) is 5.69 Å². The van der Waals surface area contributed by atoms with E-state index >= 15 is 0 Å². The third-order valence-electron chi connectivity index (χ3n) is 4.18. The number of halogens is 1. The molecule has 0 aliphatic rings. The van der Waals surface area contributed by atoms with Crippen molar-refractivity contribution in [2.45, 2.75) is 12.1 Å². The highest BCUT2D eigenvalue weighted by Gasteiger charge is 2.13. The van der Waals surface area contributed by atoms with Crippen LogP contribution >= 0.6 is 11.8 Å². The molecule has 1 amide bonds. The van der Waals surface area contributed by atoms with Crippen molar-refractivity contribution in [3.63, 3.8) is 0 Å². The smallest absolute Gasteiger partial charge is 0.269 e. The fourth-order valence-corrected chi connectivity index (χ4v) is 3.39. The molecule has 146 valence electrons. The predicted molar refractivity (Wildman–Crippen MR) is 106 cm³/mol. The SMILES string of the molecule is Cc1cc([N+](=O)[O-])ccc1NC(=O)CSc1nnc2c(n1)[nH]c1ccc(F)cc12. The normalized spacial score (nSPS) is 11.1. The Hall–Kier alpha value is -3.60. The van der Waals surface area contributed by atoms with Gasteiger partial charge in [0.2, 0.25) is 11.1 Å². The van der Waals surface area contributed by atoms with Gasteiger partial charge in [0.15, 0.2) is 5.65 Å². The number of carbonyl (C=O) groups excluding carboxylic acids is 1. The molecular formula is C18H13FN6O3S. The van der Waals surface area contributed by atoms with Crippen molar-refractivity contribution in [2.24, 2.45) is 0 Å². The summed E-state index contributed by atoms with van der Waals surface area (Å²) in [4.78, 5) is 29.9. The number of H-pyrrole nitrogens is 1. The first-order valence-corrected chi connectivity index (χ1v) is 9.38. The zero-order valence-electron chi connectivity index (χ0n) is 15.0. The number of benzene rings is 2. The first-order valence-electron chi connectivity index (χ1n) is 8.40. The number of nitrogens with zero attached hydrogens (tertiary/aromatic N) is 4. The minimum atomic E-state index is -0.493. The maximum absolute atomic E-state index is 13.4. The number of hydrogen-bond donors (Lipinski definition) is 2. The van der Waals surface area contributed by atoms with E-state index in [9.17, 15) is 19.3 Å². The molecule has 0 fully saturated rings. The van der Waals surface area contributed by atoms with Crippen molar-refractivity contribution >= 4 is 51.1 Å². The van der Waals surface area contributed by atoms with Gasteiger partial charge < -0.3 is 10.3 Å². The van der Waals surface area contributed by atoms with Crippen molar-refractivity contribution in [1.29, 1.82) is 0 Å². The summed E-state index contributed by atoms with van der Waals surface area (Å²) in [5, 5.41) is 22.4. The average Bonchev–Trinajstić information content (AvgIpc) is 3.04. The van der Waals surface area contributed by atoms with Gasteiger partial charge in [0.05, 0.1) is 10.7 Å². The lowest BCUT2D eigenvalue weighted by molar-refractivity contribution is -0.384. The van der Waals surface area contributed by atoms with Crippen LogP contribution in [0.1, 0.15) is 5.56 Å². The second-order valence-corrected chi connectivity index (χ2v) is 7.14. The van der Waals surface area contributed by atoms with E-state index in [1.54, 1.807) is 13.0 Å². The summed E-state index contributed by atoms with van der Waals surface area (Å²) in [5.41, 5.74) is 2.64. The third-order valence-corrected chi connectivity index (χ3v) is 5.02. The standard InChI is InChI=1S/C18H13FN6O3S/c1-9-6-11(25(27)28)3-5-13(9)20-15(26)8-29-18-22-17-16(23-24-18)12-7-10(19)2-4-14(12)21-17/h2-7H,8H2,1H3,(H,20,26)(H,21,22,24). The van der Waals surface area contributed by atoms with Crippen molar-refractivity contribution in [1.82, 2.24) is 20.2 Å². The Labute approximate surface area is 166 Å². The van der Waals surface area contributed by atoms with E-state index < -0.39 is 4.92 Å². The van der Waals surface area contributed by atoms with Crippen LogP contribution in [0, 0.1) is 22.9 Å². The third kappa shape index (κ3) is 3.85. The fraction of sp³-hybridized carbons (Fsp3) is 0.111. The number of fused-ring (bicyclic) bond motifs is 3. The Kier molecular flexibility index (Phi) is 4.80. The minimum Gasteiger partial charge on any atom is -0.338 e. The zero-order valence-corrected chi connectivity index (χ0v) is 15.8. The Morgan fingerprint density at radius 3 is 2.86 bits per heavy atom. The van der Waals surface area contributed by atoms with Crippen LogP contribution in [0.4, 0.5) is 15.8 Å². The number of carbonyl (C=O) groups is 1. The lowest BCUT2D eigenvalue weighted by Crippen LogP contribution is -2.15. The molecule has 9 nitrogen and oxygen atoms in total. The van der Waals surface area contributed by atoms with Gasteiger partial charge in [-0.2, -0.15) is 0 Å². The summed E-state index contributed by atoms with van der Waals surface area (Å²) in [6, 6.07) is 8.51. The fourth-order valence-electron chi connectivity index (χ4n) is 2.81. The predicted octanol–water partition coefficient (Wildman–Crippen LogP) is 3.59. The molecule has 0 atom stereocenters. The maximum atomic E-state index is 13.4. The summed E-state index contributed by atoms with van der Waals surface area (Å²) >= 11 is 1.09. The summed E-state index contributed by atoms with van der Waals surface area (Å²) in [7, 11) is 0. The summed E-state index contributed by atoms with van der Waals surface area (Å²) in [6.07, 6.45) is 0.